The topological polar surface area (TPSA) is 45.2 Å². The van der Waals surface area contributed by atoms with Crippen molar-refractivity contribution >= 4 is 28.4 Å². The number of pyridine rings is 1. The van der Waals surface area contributed by atoms with Crippen LogP contribution in [0.1, 0.15) is 23.2 Å². The van der Waals surface area contributed by atoms with Gasteiger partial charge in [0.15, 0.2) is 0 Å². The molecule has 1 aliphatic rings. The van der Waals surface area contributed by atoms with E-state index in [1.807, 2.05) is 30.1 Å². The van der Waals surface area contributed by atoms with Gasteiger partial charge in [-0.05, 0) is 50.6 Å². The molecule has 5 heteroatoms. The lowest BCUT2D eigenvalue weighted by Gasteiger charge is -2.33. The molecule has 0 spiro atoms. The summed E-state index contributed by atoms with van der Waals surface area (Å²) in [5, 5.41) is 4.69. The lowest BCUT2D eigenvalue weighted by Crippen LogP contribution is -2.42. The molecule has 116 valence electrons. The minimum Gasteiger partial charge on any atom is -0.338 e. The molecule has 1 atom stereocenters. The number of nitrogens with zero attached hydrogens (tertiary/aromatic N) is 2. The van der Waals surface area contributed by atoms with E-state index in [0.29, 0.717) is 16.5 Å². The van der Waals surface area contributed by atoms with E-state index >= 15 is 0 Å². The molecule has 4 nitrogen and oxygen atoms in total. The van der Waals surface area contributed by atoms with Gasteiger partial charge in [0.25, 0.3) is 5.91 Å². The Bertz CT molecular complexity index is 687. The van der Waals surface area contributed by atoms with E-state index in [1.165, 1.54) is 6.42 Å². The third-order valence-electron chi connectivity index (χ3n) is 4.20. The predicted octanol–water partition coefficient (Wildman–Crippen LogP) is 2.96. The summed E-state index contributed by atoms with van der Waals surface area (Å²) in [5.41, 5.74) is 1.33. The summed E-state index contributed by atoms with van der Waals surface area (Å²) >= 11 is 6.18. The highest BCUT2D eigenvalue weighted by atomic mass is 35.5. The zero-order valence-corrected chi connectivity index (χ0v) is 13.4. The molecule has 0 radical (unpaired) electrons. The Kier molecular flexibility index (Phi) is 4.60. The number of aromatic nitrogens is 1. The summed E-state index contributed by atoms with van der Waals surface area (Å²) in [7, 11) is 1.95. The number of nitrogens with one attached hydrogen (secondary N) is 1. The molecule has 1 aliphatic heterocycles. The van der Waals surface area contributed by atoms with Gasteiger partial charge in [0, 0.05) is 29.7 Å². The number of halogens is 1. The van der Waals surface area contributed by atoms with Crippen LogP contribution in [0.4, 0.5) is 0 Å². The van der Waals surface area contributed by atoms with E-state index < -0.39 is 0 Å². The third kappa shape index (κ3) is 3.08. The van der Waals surface area contributed by atoms with Gasteiger partial charge < -0.3 is 10.2 Å². The first-order valence-electron chi connectivity index (χ1n) is 7.67. The van der Waals surface area contributed by atoms with E-state index in [0.717, 1.165) is 37.0 Å². The molecule has 3 rings (SSSR count). The van der Waals surface area contributed by atoms with Crippen molar-refractivity contribution in [2.75, 3.05) is 26.7 Å². The average Bonchev–Trinajstić information content (AvgIpc) is 2.54. The van der Waals surface area contributed by atoms with Crippen molar-refractivity contribution in [2.45, 2.75) is 12.8 Å². The second-order valence-electron chi connectivity index (χ2n) is 5.85. The van der Waals surface area contributed by atoms with Gasteiger partial charge in [0.05, 0.1) is 11.1 Å². The highest BCUT2D eigenvalue weighted by Gasteiger charge is 2.25. The SMILES string of the molecule is CNC[C@H]1CCCN(C(=O)c2cc(Cl)cc3cccnc23)C1. The van der Waals surface area contributed by atoms with Crippen LogP contribution < -0.4 is 5.32 Å². The highest BCUT2D eigenvalue weighted by molar-refractivity contribution is 6.32. The fourth-order valence-electron chi connectivity index (χ4n) is 3.19. The summed E-state index contributed by atoms with van der Waals surface area (Å²) < 4.78 is 0. The summed E-state index contributed by atoms with van der Waals surface area (Å²) in [6, 6.07) is 7.38. The second kappa shape index (κ2) is 6.63. The Balaban J connectivity index is 1.91. The summed E-state index contributed by atoms with van der Waals surface area (Å²) in [6.45, 7) is 2.54. The Hall–Kier alpha value is -1.65. The van der Waals surface area contributed by atoms with Gasteiger partial charge in [-0.3, -0.25) is 9.78 Å². The molecule has 1 fully saturated rings. The molecule has 1 aromatic carbocycles. The van der Waals surface area contributed by atoms with Crippen molar-refractivity contribution in [1.82, 2.24) is 15.2 Å². The summed E-state index contributed by atoms with van der Waals surface area (Å²) in [6.07, 6.45) is 3.93. The minimum atomic E-state index is 0.0343. The number of likely N-dealkylation sites (tertiary alicyclic amines) is 1. The molecule has 0 unspecified atom stereocenters. The Labute approximate surface area is 135 Å². The number of rotatable bonds is 3. The van der Waals surface area contributed by atoms with Crippen LogP contribution in [0.3, 0.4) is 0 Å². The van der Waals surface area contributed by atoms with E-state index in [9.17, 15) is 4.79 Å². The lowest BCUT2D eigenvalue weighted by atomic mass is 9.97. The molecule has 2 aromatic rings. The highest BCUT2D eigenvalue weighted by Crippen LogP contribution is 2.25. The van der Waals surface area contributed by atoms with Crippen LogP contribution in [0.5, 0.6) is 0 Å². The number of carbonyl (C=O) groups excluding carboxylic acids is 1. The number of amides is 1. The van der Waals surface area contributed by atoms with Crippen molar-refractivity contribution in [1.29, 1.82) is 0 Å². The predicted molar refractivity (Wildman–Crippen MR) is 89.3 cm³/mol. The second-order valence-corrected chi connectivity index (χ2v) is 6.28. The van der Waals surface area contributed by atoms with Crippen LogP contribution in [-0.4, -0.2) is 42.5 Å². The Morgan fingerprint density at radius 3 is 3.18 bits per heavy atom. The molecule has 0 saturated carbocycles. The molecule has 22 heavy (non-hydrogen) atoms. The Morgan fingerprint density at radius 1 is 1.50 bits per heavy atom. The zero-order valence-electron chi connectivity index (χ0n) is 12.7. The first-order chi connectivity index (χ1) is 10.7. The molecule has 1 saturated heterocycles. The van der Waals surface area contributed by atoms with Crippen molar-refractivity contribution in [3.8, 4) is 0 Å². The number of benzene rings is 1. The van der Waals surface area contributed by atoms with E-state index in [-0.39, 0.29) is 5.91 Å². The van der Waals surface area contributed by atoms with Crippen molar-refractivity contribution in [3.63, 3.8) is 0 Å². The molecule has 1 aromatic heterocycles. The molecule has 1 amide bonds. The van der Waals surface area contributed by atoms with Gasteiger partial charge in [0.2, 0.25) is 0 Å². The molecule has 1 N–H and O–H groups in total. The number of hydrogen-bond acceptors (Lipinski definition) is 3. The minimum absolute atomic E-state index is 0.0343. The van der Waals surface area contributed by atoms with Gasteiger partial charge in [-0.2, -0.15) is 0 Å². The van der Waals surface area contributed by atoms with Crippen LogP contribution in [0.15, 0.2) is 30.5 Å². The fraction of sp³-hybridized carbons (Fsp3) is 0.412. The largest absolute Gasteiger partial charge is 0.338 e. The maximum atomic E-state index is 12.9. The summed E-state index contributed by atoms with van der Waals surface area (Å²) in [4.78, 5) is 19.2. The van der Waals surface area contributed by atoms with Gasteiger partial charge >= 0.3 is 0 Å². The van der Waals surface area contributed by atoms with Gasteiger partial charge in [-0.25, -0.2) is 0 Å². The number of fused-ring (bicyclic) bond motifs is 1. The van der Waals surface area contributed by atoms with Gasteiger partial charge in [-0.1, -0.05) is 17.7 Å². The maximum absolute atomic E-state index is 12.9. The molecular weight excluding hydrogens is 298 g/mol. The smallest absolute Gasteiger partial charge is 0.256 e. The van der Waals surface area contributed by atoms with Crippen molar-refractivity contribution < 1.29 is 4.79 Å². The quantitative estimate of drug-likeness (QED) is 0.946. The molecule has 0 aliphatic carbocycles. The van der Waals surface area contributed by atoms with E-state index in [1.54, 1.807) is 12.3 Å². The average molecular weight is 318 g/mol. The molecular formula is C17H20ClN3O. The standard InChI is InChI=1S/C17H20ClN3O/c1-19-10-12-4-3-7-21(11-12)17(22)15-9-14(18)8-13-5-2-6-20-16(13)15/h2,5-6,8-9,12,19H,3-4,7,10-11H2,1H3/t12-/m1/s1. The van der Waals surface area contributed by atoms with Crippen molar-refractivity contribution in [3.05, 3.63) is 41.0 Å². The van der Waals surface area contributed by atoms with Crippen LogP contribution in [0.25, 0.3) is 10.9 Å². The monoisotopic (exact) mass is 317 g/mol. The van der Waals surface area contributed by atoms with Gasteiger partial charge in [0.1, 0.15) is 0 Å². The molecule has 0 bridgehead atoms. The molecule has 2 heterocycles. The van der Waals surface area contributed by atoms with Crippen molar-refractivity contribution in [2.24, 2.45) is 5.92 Å². The number of carbonyl (C=O) groups is 1. The Morgan fingerprint density at radius 2 is 2.36 bits per heavy atom. The first-order valence-corrected chi connectivity index (χ1v) is 8.05. The van der Waals surface area contributed by atoms with Gasteiger partial charge in [-0.15, -0.1) is 0 Å². The zero-order chi connectivity index (χ0) is 15.5. The van der Waals surface area contributed by atoms with E-state index in [4.69, 9.17) is 11.6 Å². The summed E-state index contributed by atoms with van der Waals surface area (Å²) in [5.74, 6) is 0.549. The van der Waals surface area contributed by atoms with Crippen LogP contribution in [0, 0.1) is 5.92 Å². The maximum Gasteiger partial charge on any atom is 0.256 e. The normalized spacial score (nSPS) is 18.6. The third-order valence-corrected chi connectivity index (χ3v) is 4.42. The number of piperidine rings is 1. The number of hydrogen-bond donors (Lipinski definition) is 1. The van der Waals surface area contributed by atoms with Crippen LogP contribution in [-0.2, 0) is 0 Å². The van der Waals surface area contributed by atoms with Crippen LogP contribution in [0.2, 0.25) is 5.02 Å². The van der Waals surface area contributed by atoms with E-state index in [2.05, 4.69) is 10.3 Å². The lowest BCUT2D eigenvalue weighted by molar-refractivity contribution is 0.0676. The fourth-order valence-corrected chi connectivity index (χ4v) is 3.42. The first kappa shape index (κ1) is 15.3. The van der Waals surface area contributed by atoms with Crippen LogP contribution >= 0.6 is 11.6 Å².